The molecular formula is C21H21N3O. The smallest absolute Gasteiger partial charge is 0.221 e. The zero-order valence-corrected chi connectivity index (χ0v) is 14.3. The summed E-state index contributed by atoms with van der Waals surface area (Å²) in [5.41, 5.74) is 4.51. The van der Waals surface area contributed by atoms with Gasteiger partial charge in [-0.25, -0.2) is 4.98 Å². The van der Waals surface area contributed by atoms with Crippen LogP contribution in [0.3, 0.4) is 0 Å². The molecule has 0 saturated carbocycles. The zero-order chi connectivity index (χ0) is 17.2. The fourth-order valence-electron chi connectivity index (χ4n) is 3.51. The topological polar surface area (TPSA) is 45.2 Å². The van der Waals surface area contributed by atoms with E-state index in [2.05, 4.69) is 34.5 Å². The molecule has 1 amide bonds. The number of aryl methyl sites for hydroxylation is 1. The van der Waals surface area contributed by atoms with Crippen molar-refractivity contribution in [1.29, 1.82) is 0 Å². The van der Waals surface area contributed by atoms with Gasteiger partial charge in [0.25, 0.3) is 0 Å². The highest BCUT2D eigenvalue weighted by Crippen LogP contribution is 2.29. The molecule has 2 aromatic carbocycles. The second-order valence-electron chi connectivity index (χ2n) is 6.52. The molecule has 0 radical (unpaired) electrons. The van der Waals surface area contributed by atoms with E-state index < -0.39 is 0 Å². The van der Waals surface area contributed by atoms with E-state index in [-0.39, 0.29) is 5.91 Å². The molecule has 3 aromatic rings. The Balaban J connectivity index is 1.77. The van der Waals surface area contributed by atoms with Crippen molar-refractivity contribution in [3.05, 3.63) is 65.7 Å². The summed E-state index contributed by atoms with van der Waals surface area (Å²) in [7, 11) is 0. The number of hydrogen-bond acceptors (Lipinski definition) is 3. The van der Waals surface area contributed by atoms with Crippen LogP contribution in [0.4, 0.5) is 11.5 Å². The van der Waals surface area contributed by atoms with Crippen LogP contribution in [0.1, 0.15) is 24.5 Å². The van der Waals surface area contributed by atoms with Gasteiger partial charge in [0.2, 0.25) is 5.91 Å². The summed E-state index contributed by atoms with van der Waals surface area (Å²) in [6, 6.07) is 18.6. The molecule has 4 heteroatoms. The van der Waals surface area contributed by atoms with Gasteiger partial charge in [-0.05, 0) is 30.0 Å². The fourth-order valence-corrected chi connectivity index (χ4v) is 3.51. The number of carbonyl (C=O) groups is 1. The van der Waals surface area contributed by atoms with Crippen LogP contribution in [0.15, 0.2) is 54.6 Å². The van der Waals surface area contributed by atoms with Crippen molar-refractivity contribution in [3.8, 4) is 0 Å². The summed E-state index contributed by atoms with van der Waals surface area (Å²) >= 11 is 0. The number of pyridine rings is 1. The van der Waals surface area contributed by atoms with E-state index in [4.69, 9.17) is 4.98 Å². The van der Waals surface area contributed by atoms with E-state index in [9.17, 15) is 4.79 Å². The van der Waals surface area contributed by atoms with Gasteiger partial charge in [0.15, 0.2) is 0 Å². The minimum atomic E-state index is -0.0662. The number of nitrogens with one attached hydrogen (secondary N) is 1. The summed E-state index contributed by atoms with van der Waals surface area (Å²) in [5.74, 6) is 0.850. The molecular weight excluding hydrogens is 310 g/mol. The minimum absolute atomic E-state index is 0.0662. The number of carbonyl (C=O) groups excluding carboxylic acids is 1. The molecule has 1 aliphatic rings. The second-order valence-corrected chi connectivity index (χ2v) is 6.52. The van der Waals surface area contributed by atoms with Crippen molar-refractivity contribution in [2.24, 2.45) is 0 Å². The maximum atomic E-state index is 11.6. The molecule has 25 heavy (non-hydrogen) atoms. The Morgan fingerprint density at radius 3 is 2.68 bits per heavy atom. The molecule has 0 atom stereocenters. The first-order chi connectivity index (χ1) is 12.2. The fraction of sp³-hybridized carbons (Fsp3) is 0.238. The van der Waals surface area contributed by atoms with E-state index in [1.807, 2.05) is 30.3 Å². The predicted molar refractivity (Wildman–Crippen MR) is 102 cm³/mol. The maximum absolute atomic E-state index is 11.6. The number of nitrogens with zero attached hydrogens (tertiary/aromatic N) is 2. The third-order valence-corrected chi connectivity index (χ3v) is 4.69. The number of amides is 1. The van der Waals surface area contributed by atoms with E-state index in [0.717, 1.165) is 48.3 Å². The van der Waals surface area contributed by atoms with E-state index >= 15 is 0 Å². The average molecular weight is 331 g/mol. The lowest BCUT2D eigenvalue weighted by Gasteiger charge is -2.23. The number of aromatic nitrogens is 1. The Hall–Kier alpha value is -2.88. The monoisotopic (exact) mass is 331 g/mol. The number of para-hydroxylation sites is 1. The van der Waals surface area contributed by atoms with Crippen LogP contribution < -0.4 is 10.2 Å². The largest absolute Gasteiger partial charge is 0.352 e. The van der Waals surface area contributed by atoms with Crippen molar-refractivity contribution >= 4 is 28.3 Å². The Morgan fingerprint density at radius 1 is 1.08 bits per heavy atom. The van der Waals surface area contributed by atoms with Crippen LogP contribution >= 0.6 is 0 Å². The van der Waals surface area contributed by atoms with Crippen LogP contribution in [0, 0.1) is 0 Å². The number of anilines is 2. The molecule has 0 unspecified atom stereocenters. The van der Waals surface area contributed by atoms with Gasteiger partial charge in [-0.1, -0.05) is 42.5 Å². The van der Waals surface area contributed by atoms with Crippen LogP contribution in [0.5, 0.6) is 0 Å². The second kappa shape index (κ2) is 6.55. The molecule has 0 spiro atoms. The molecule has 1 aliphatic heterocycles. The number of hydrogen-bond donors (Lipinski definition) is 1. The third-order valence-electron chi connectivity index (χ3n) is 4.69. The van der Waals surface area contributed by atoms with Gasteiger partial charge in [-0.3, -0.25) is 4.79 Å². The van der Waals surface area contributed by atoms with E-state index in [1.165, 1.54) is 18.1 Å². The highest BCUT2D eigenvalue weighted by Gasteiger charge is 2.17. The Morgan fingerprint density at radius 2 is 1.84 bits per heavy atom. The van der Waals surface area contributed by atoms with Gasteiger partial charge in [0, 0.05) is 31.5 Å². The SMILES string of the molecule is CC(=O)Nc1cc(N2CCCc3ccccc3C2)nc2ccccc12. The lowest BCUT2D eigenvalue weighted by molar-refractivity contribution is -0.114. The Kier molecular flexibility index (Phi) is 4.10. The van der Waals surface area contributed by atoms with Crippen LogP contribution in [0.25, 0.3) is 10.9 Å². The third kappa shape index (κ3) is 3.20. The van der Waals surface area contributed by atoms with Crippen molar-refractivity contribution in [3.63, 3.8) is 0 Å². The molecule has 0 aliphatic carbocycles. The lowest BCUT2D eigenvalue weighted by atomic mass is 10.0. The molecule has 126 valence electrons. The van der Waals surface area contributed by atoms with Crippen molar-refractivity contribution < 1.29 is 4.79 Å². The van der Waals surface area contributed by atoms with Crippen molar-refractivity contribution in [1.82, 2.24) is 4.98 Å². The molecule has 0 fully saturated rings. The first-order valence-electron chi connectivity index (χ1n) is 8.70. The van der Waals surface area contributed by atoms with E-state index in [0.29, 0.717) is 0 Å². The first-order valence-corrected chi connectivity index (χ1v) is 8.70. The van der Waals surface area contributed by atoms with Crippen molar-refractivity contribution in [2.75, 3.05) is 16.8 Å². The Bertz CT molecular complexity index is 935. The maximum Gasteiger partial charge on any atom is 0.221 e. The summed E-state index contributed by atoms with van der Waals surface area (Å²) in [6.45, 7) is 3.34. The van der Waals surface area contributed by atoms with E-state index in [1.54, 1.807) is 0 Å². The molecule has 2 heterocycles. The molecule has 4 nitrogen and oxygen atoms in total. The summed E-state index contributed by atoms with van der Waals surface area (Å²) in [5, 5.41) is 3.93. The Labute approximate surface area is 147 Å². The summed E-state index contributed by atoms with van der Waals surface area (Å²) < 4.78 is 0. The molecule has 1 N–H and O–H groups in total. The zero-order valence-electron chi connectivity index (χ0n) is 14.3. The number of fused-ring (bicyclic) bond motifs is 2. The van der Waals surface area contributed by atoms with Crippen LogP contribution in [-0.2, 0) is 17.8 Å². The quantitative estimate of drug-likeness (QED) is 0.767. The van der Waals surface area contributed by atoms with Gasteiger partial charge in [0.05, 0.1) is 11.2 Å². The average Bonchev–Trinajstić information content (AvgIpc) is 2.83. The van der Waals surface area contributed by atoms with Gasteiger partial charge < -0.3 is 10.2 Å². The van der Waals surface area contributed by atoms with Gasteiger partial charge in [-0.15, -0.1) is 0 Å². The standard InChI is InChI=1S/C21H21N3O/c1-15(25)22-20-13-21(23-19-11-5-4-10-18(19)20)24-12-6-9-16-7-2-3-8-17(16)14-24/h2-5,7-8,10-11,13H,6,9,12,14H2,1H3,(H,22,23,25). The number of rotatable bonds is 2. The van der Waals surface area contributed by atoms with Gasteiger partial charge in [-0.2, -0.15) is 0 Å². The predicted octanol–water partition coefficient (Wildman–Crippen LogP) is 4.15. The van der Waals surface area contributed by atoms with Gasteiger partial charge in [0.1, 0.15) is 5.82 Å². The first kappa shape index (κ1) is 15.6. The highest BCUT2D eigenvalue weighted by atomic mass is 16.1. The van der Waals surface area contributed by atoms with Crippen LogP contribution in [-0.4, -0.2) is 17.4 Å². The van der Waals surface area contributed by atoms with Crippen molar-refractivity contribution in [2.45, 2.75) is 26.3 Å². The van der Waals surface area contributed by atoms with Crippen LogP contribution in [0.2, 0.25) is 0 Å². The molecule has 1 aromatic heterocycles. The molecule has 4 rings (SSSR count). The lowest BCUT2D eigenvalue weighted by Crippen LogP contribution is -2.24. The number of benzene rings is 2. The molecule has 0 saturated heterocycles. The minimum Gasteiger partial charge on any atom is -0.352 e. The highest BCUT2D eigenvalue weighted by molar-refractivity contribution is 6.01. The molecule has 0 bridgehead atoms. The normalized spacial score (nSPS) is 14.0. The summed E-state index contributed by atoms with van der Waals surface area (Å²) in [4.78, 5) is 18.8. The van der Waals surface area contributed by atoms with Gasteiger partial charge >= 0.3 is 0 Å². The summed E-state index contributed by atoms with van der Waals surface area (Å²) in [6.07, 6.45) is 2.19.